The van der Waals surface area contributed by atoms with Gasteiger partial charge >= 0.3 is 11.9 Å². The Hall–Kier alpha value is -3.42. The Labute approximate surface area is 466 Å². The summed E-state index contributed by atoms with van der Waals surface area (Å²) in [6.07, 6.45) is 9.72. The number of hydrogen-bond acceptors (Lipinski definition) is 16. The molecule has 2 aromatic rings. The zero-order chi connectivity index (χ0) is 56.0. The van der Waals surface area contributed by atoms with Gasteiger partial charge in [0, 0.05) is 60.4 Å². The molecule has 4 atom stereocenters. The molecule has 16 nitrogen and oxygen atoms in total. The van der Waals surface area contributed by atoms with Crippen LogP contribution >= 0.6 is 0 Å². The van der Waals surface area contributed by atoms with Crippen molar-refractivity contribution in [1.82, 2.24) is 10.1 Å². The molecule has 6 aliphatic heterocycles. The first-order valence-electron chi connectivity index (χ1n) is 29.5. The molecule has 2 spiro atoms. The number of esters is 2. The van der Waals surface area contributed by atoms with E-state index in [1.54, 1.807) is 0 Å². The normalized spacial score (nSPS) is 28.4. The highest BCUT2D eigenvalue weighted by Crippen LogP contribution is 2.54. The summed E-state index contributed by atoms with van der Waals surface area (Å²) in [7, 11) is 0. The second-order valence-corrected chi connectivity index (χ2v) is 25.8. The third-order valence-electron chi connectivity index (χ3n) is 17.5. The van der Waals surface area contributed by atoms with Gasteiger partial charge in [-0.2, -0.15) is 10.1 Å². The summed E-state index contributed by atoms with van der Waals surface area (Å²) < 4.78 is 60.9. The number of ether oxygens (including phenoxy) is 10. The molecule has 6 saturated heterocycles. The first-order chi connectivity index (χ1) is 37.0. The van der Waals surface area contributed by atoms with Gasteiger partial charge in [0.25, 0.3) is 0 Å². The number of piperidine rings is 2. The fourth-order valence-electron chi connectivity index (χ4n) is 12.4. The number of nitrogens with zero attached hydrogens (tertiary/aromatic N) is 2. The summed E-state index contributed by atoms with van der Waals surface area (Å²) in [5.74, 6) is -0.365. The Morgan fingerprint density at radius 1 is 0.526 bits per heavy atom. The number of unbranched alkanes of at least 4 members (excludes halogenated alkanes) is 3. The van der Waals surface area contributed by atoms with E-state index in [0.717, 1.165) is 74.4 Å². The second-order valence-electron chi connectivity index (χ2n) is 25.8. The minimum Gasteiger partial charge on any atom is -0.491 e. The summed E-state index contributed by atoms with van der Waals surface area (Å²) in [6, 6.07) is 16.3. The lowest BCUT2D eigenvalue weighted by Crippen LogP contribution is -2.69. The van der Waals surface area contributed by atoms with E-state index >= 15 is 0 Å². The SMILES string of the molecule is CCC1(CC)CC2(CC(C)(C)N1OC(C)c1ccc(OCC3CO3)cc1)OCC(C)(COC(=O)CCCCCCC(=O)OCC1(C)COC3(CC(C)(C)N(OC(C)c4ccc(OCC5CO5)cc4)C(CC)(CC)C3)OC1)CO2. The molecule has 0 bridgehead atoms. The first-order valence-corrected chi connectivity index (χ1v) is 29.5. The molecule has 6 heterocycles. The highest BCUT2D eigenvalue weighted by Gasteiger charge is 2.61. The molecule has 6 fully saturated rings. The maximum Gasteiger partial charge on any atom is 0.305 e. The van der Waals surface area contributed by atoms with Crippen molar-refractivity contribution in [2.45, 2.75) is 231 Å². The fourth-order valence-corrected chi connectivity index (χ4v) is 12.4. The van der Waals surface area contributed by atoms with Crippen LogP contribution in [-0.2, 0) is 57.2 Å². The third kappa shape index (κ3) is 15.0. The lowest BCUT2D eigenvalue weighted by atomic mass is 9.72. The van der Waals surface area contributed by atoms with Gasteiger partial charge in [-0.1, -0.05) is 78.6 Å². The molecule has 0 saturated carbocycles. The first kappa shape index (κ1) is 60.7. The van der Waals surface area contributed by atoms with Gasteiger partial charge in [-0.05, 0) is 115 Å². The van der Waals surface area contributed by atoms with Gasteiger partial charge in [0.05, 0.1) is 50.7 Å². The van der Waals surface area contributed by atoms with Gasteiger partial charge in [0.1, 0.15) is 62.3 Å². The molecule has 0 amide bonds. The maximum atomic E-state index is 13.0. The van der Waals surface area contributed by atoms with Gasteiger partial charge in [-0.25, -0.2) is 0 Å². The zero-order valence-corrected chi connectivity index (χ0v) is 49.5. The molecule has 0 aromatic heterocycles. The Bertz CT molecular complexity index is 2080. The summed E-state index contributed by atoms with van der Waals surface area (Å²) in [5, 5.41) is 4.46. The fraction of sp³-hybridized carbons (Fsp3) is 0.774. The van der Waals surface area contributed by atoms with Gasteiger partial charge in [-0.15, -0.1) is 0 Å². The molecular weight excluding hydrogens is 997 g/mol. The lowest BCUT2D eigenvalue weighted by molar-refractivity contribution is -0.395. The van der Waals surface area contributed by atoms with E-state index < -0.39 is 33.5 Å². The van der Waals surface area contributed by atoms with Crippen LogP contribution < -0.4 is 9.47 Å². The number of carbonyl (C=O) groups excluding carboxylic acids is 2. The molecule has 438 valence electrons. The Morgan fingerprint density at radius 2 is 0.859 bits per heavy atom. The van der Waals surface area contributed by atoms with Gasteiger partial charge in [-0.3, -0.25) is 19.3 Å². The standard InChI is InChI=1S/C62H96N2O14/c1-13-59(14-2)37-61(35-55(7,8)63(59)77-45(5)47-23-27-49(28-24-47)67-31-51-33-69-51)73-41-57(11,42-74-61)39-71-53(65)21-19-17-18-20-22-54(66)72-40-58(12)43-75-62(76-44-58)36-56(9,10)64(60(15-3,16-4)38-62)78-46(6)48-25-29-50(30-26-48)68-32-52-34-70-52/h23-30,45-46,51-52H,13-22,31-44H2,1-12H3. The zero-order valence-electron chi connectivity index (χ0n) is 49.5. The minimum atomic E-state index is -0.778. The van der Waals surface area contributed by atoms with E-state index in [0.29, 0.717) is 91.0 Å². The third-order valence-corrected chi connectivity index (χ3v) is 17.5. The molecule has 6 aliphatic rings. The molecule has 0 aliphatic carbocycles. The van der Waals surface area contributed by atoms with Crippen molar-refractivity contribution in [2.24, 2.45) is 10.8 Å². The van der Waals surface area contributed by atoms with E-state index in [4.69, 9.17) is 57.0 Å². The van der Waals surface area contributed by atoms with Gasteiger partial charge in [0.15, 0.2) is 11.6 Å². The summed E-state index contributed by atoms with van der Waals surface area (Å²) in [4.78, 5) is 39.7. The predicted molar refractivity (Wildman–Crippen MR) is 294 cm³/mol. The number of epoxide rings is 2. The summed E-state index contributed by atoms with van der Waals surface area (Å²) in [5.41, 5.74) is -0.250. The smallest absolute Gasteiger partial charge is 0.305 e. The maximum absolute atomic E-state index is 13.0. The topological polar surface area (TPSA) is 158 Å². The van der Waals surface area contributed by atoms with Crippen LogP contribution in [-0.4, -0.2) is 134 Å². The van der Waals surface area contributed by atoms with Crippen molar-refractivity contribution >= 4 is 11.9 Å². The highest BCUT2D eigenvalue weighted by atomic mass is 16.7. The molecule has 16 heteroatoms. The Morgan fingerprint density at radius 3 is 1.17 bits per heavy atom. The minimum absolute atomic E-state index is 0.178. The van der Waals surface area contributed by atoms with Crippen molar-refractivity contribution in [2.75, 3.05) is 66.1 Å². The molecule has 0 N–H and O–H groups in total. The lowest BCUT2D eigenvalue weighted by Gasteiger charge is -2.61. The van der Waals surface area contributed by atoms with Crippen LogP contribution in [0.2, 0.25) is 0 Å². The van der Waals surface area contributed by atoms with E-state index in [2.05, 4.69) is 117 Å². The van der Waals surface area contributed by atoms with E-state index in [1.165, 1.54) is 0 Å². The second kappa shape index (κ2) is 25.0. The monoisotopic (exact) mass is 1090 g/mol. The quantitative estimate of drug-likeness (QED) is 0.0472. The Balaban J connectivity index is 0.707. The van der Waals surface area contributed by atoms with Crippen LogP contribution in [0.25, 0.3) is 0 Å². The van der Waals surface area contributed by atoms with Crippen molar-refractivity contribution in [3.8, 4) is 11.5 Å². The van der Waals surface area contributed by atoms with Gasteiger partial charge < -0.3 is 47.4 Å². The van der Waals surface area contributed by atoms with E-state index in [-0.39, 0.29) is 60.6 Å². The van der Waals surface area contributed by atoms with Gasteiger partial charge in [0.2, 0.25) is 0 Å². The van der Waals surface area contributed by atoms with Crippen molar-refractivity contribution < 1.29 is 66.6 Å². The average molecular weight is 1090 g/mol. The number of hydroxylamine groups is 4. The molecule has 2 aromatic carbocycles. The van der Waals surface area contributed by atoms with Crippen molar-refractivity contribution in [3.05, 3.63) is 59.7 Å². The average Bonchev–Trinajstić information content (AvgIpc) is 4.49. The van der Waals surface area contributed by atoms with Crippen molar-refractivity contribution in [1.29, 1.82) is 0 Å². The van der Waals surface area contributed by atoms with E-state index in [1.807, 2.05) is 24.3 Å². The summed E-state index contributed by atoms with van der Waals surface area (Å²) in [6.45, 7) is 30.8. The highest BCUT2D eigenvalue weighted by molar-refractivity contribution is 5.69. The number of carbonyl (C=O) groups is 2. The summed E-state index contributed by atoms with van der Waals surface area (Å²) >= 11 is 0. The van der Waals surface area contributed by atoms with Crippen LogP contribution in [0.1, 0.15) is 196 Å². The van der Waals surface area contributed by atoms with Crippen LogP contribution in [0.3, 0.4) is 0 Å². The number of hydrogen-bond donors (Lipinski definition) is 0. The van der Waals surface area contributed by atoms with Crippen LogP contribution in [0, 0.1) is 10.8 Å². The molecule has 4 unspecified atom stereocenters. The molecule has 0 radical (unpaired) electrons. The van der Waals surface area contributed by atoms with Crippen LogP contribution in [0.5, 0.6) is 11.5 Å². The Kier molecular flexibility index (Phi) is 19.4. The predicted octanol–water partition coefficient (Wildman–Crippen LogP) is 11.7. The number of benzene rings is 2. The molecule has 78 heavy (non-hydrogen) atoms. The van der Waals surface area contributed by atoms with Crippen LogP contribution in [0.15, 0.2) is 48.5 Å². The molecular formula is C62H96N2O14. The number of rotatable bonds is 27. The molecule has 8 rings (SSSR count). The largest absolute Gasteiger partial charge is 0.491 e. The van der Waals surface area contributed by atoms with Crippen LogP contribution in [0.4, 0.5) is 0 Å². The van der Waals surface area contributed by atoms with Crippen molar-refractivity contribution in [3.63, 3.8) is 0 Å². The van der Waals surface area contributed by atoms with E-state index in [9.17, 15) is 9.59 Å².